The van der Waals surface area contributed by atoms with Gasteiger partial charge in [0, 0.05) is 37.3 Å². The zero-order valence-corrected chi connectivity index (χ0v) is 16.1. The number of aromatic nitrogens is 2. The molecule has 1 heterocycles. The van der Waals surface area contributed by atoms with Crippen molar-refractivity contribution in [3.05, 3.63) is 11.3 Å². The molecule has 4 nitrogen and oxygen atoms in total. The molecule has 3 fully saturated rings. The smallest absolute Gasteiger partial charge is 0.311 e. The fraction of sp³-hybridized carbons (Fsp3) is 0.800. The van der Waals surface area contributed by atoms with Gasteiger partial charge in [-0.25, -0.2) is 0 Å². The molecule has 0 aliphatic heterocycles. The summed E-state index contributed by atoms with van der Waals surface area (Å²) in [5, 5.41) is 7.42. The van der Waals surface area contributed by atoms with Gasteiger partial charge in [0.25, 0.3) is 0 Å². The number of hydrogen-bond donors (Lipinski definition) is 1. The van der Waals surface area contributed by atoms with Gasteiger partial charge in [-0.2, -0.15) is 22.7 Å². The average Bonchev–Trinajstić information content (AvgIpc) is 2.90. The van der Waals surface area contributed by atoms with Crippen LogP contribution in [-0.2, 0) is 11.8 Å². The fourth-order valence-corrected chi connectivity index (χ4v) is 4.83. The largest absolute Gasteiger partial charge is 0.313 e. The van der Waals surface area contributed by atoms with Crippen molar-refractivity contribution < 1.29 is 22.4 Å². The SMILES string of the molecule is Cn1nc(C2CCCCC2)c(C2CCC2)c1NC(=O)C[C@@H]1CC(F)(F)C1(F)F. The molecule has 28 heavy (non-hydrogen) atoms. The Balaban J connectivity index is 1.52. The van der Waals surface area contributed by atoms with E-state index >= 15 is 0 Å². The lowest BCUT2D eigenvalue weighted by molar-refractivity contribution is -0.313. The standard InChI is InChI=1S/C20H27F4N3O/c1-27-18(25-15(28)10-14-11-19(21,22)20(14,23)24)16(12-8-5-9-12)17(26-27)13-6-3-2-4-7-13/h12-14H,2-11H2,1H3,(H,25,28)/t14-/m1/s1. The Labute approximate surface area is 162 Å². The van der Waals surface area contributed by atoms with Crippen LogP contribution in [0.25, 0.3) is 0 Å². The minimum atomic E-state index is -4.11. The van der Waals surface area contributed by atoms with E-state index in [0.717, 1.165) is 56.2 Å². The highest BCUT2D eigenvalue weighted by Gasteiger charge is 2.71. The molecule has 1 amide bonds. The zero-order valence-electron chi connectivity index (χ0n) is 16.1. The van der Waals surface area contributed by atoms with Crippen LogP contribution in [0.3, 0.4) is 0 Å². The summed E-state index contributed by atoms with van der Waals surface area (Å²) >= 11 is 0. The van der Waals surface area contributed by atoms with Gasteiger partial charge >= 0.3 is 11.8 Å². The van der Waals surface area contributed by atoms with Crippen molar-refractivity contribution in [2.45, 2.75) is 87.9 Å². The van der Waals surface area contributed by atoms with Crippen molar-refractivity contribution >= 4 is 11.7 Å². The van der Waals surface area contributed by atoms with Crippen LogP contribution in [0.2, 0.25) is 0 Å². The number of carbonyl (C=O) groups is 1. The Morgan fingerprint density at radius 3 is 2.25 bits per heavy atom. The van der Waals surface area contributed by atoms with Gasteiger partial charge in [-0.15, -0.1) is 0 Å². The first-order valence-electron chi connectivity index (χ1n) is 10.3. The molecule has 3 aliphatic carbocycles. The van der Waals surface area contributed by atoms with E-state index < -0.39 is 36.5 Å². The Morgan fingerprint density at radius 1 is 1.07 bits per heavy atom. The van der Waals surface area contributed by atoms with E-state index in [1.165, 1.54) is 6.42 Å². The highest BCUT2D eigenvalue weighted by Crippen LogP contribution is 2.56. The second-order valence-corrected chi connectivity index (χ2v) is 8.71. The first kappa shape index (κ1) is 19.7. The molecule has 156 valence electrons. The van der Waals surface area contributed by atoms with Crippen molar-refractivity contribution in [3.8, 4) is 0 Å². The van der Waals surface area contributed by atoms with Crippen LogP contribution in [0, 0.1) is 5.92 Å². The summed E-state index contributed by atoms with van der Waals surface area (Å²) in [6.45, 7) is 0. The van der Waals surface area contributed by atoms with E-state index in [2.05, 4.69) is 10.4 Å². The third-order valence-electron chi connectivity index (χ3n) is 6.81. The number of hydrogen-bond acceptors (Lipinski definition) is 2. The minimum absolute atomic E-state index is 0.329. The molecule has 1 N–H and O–H groups in total. The molecule has 1 aromatic heterocycles. The van der Waals surface area contributed by atoms with Gasteiger partial charge in [0.15, 0.2) is 0 Å². The number of nitrogens with one attached hydrogen (secondary N) is 1. The number of aryl methyl sites for hydroxylation is 1. The molecule has 0 aromatic carbocycles. The maximum absolute atomic E-state index is 13.5. The zero-order chi connectivity index (χ0) is 20.1. The Kier molecular flexibility index (Phi) is 4.94. The third kappa shape index (κ3) is 3.22. The van der Waals surface area contributed by atoms with Gasteiger partial charge in [-0.1, -0.05) is 25.7 Å². The van der Waals surface area contributed by atoms with Crippen LogP contribution in [-0.4, -0.2) is 27.5 Å². The van der Waals surface area contributed by atoms with Crippen LogP contribution in [0.4, 0.5) is 23.4 Å². The van der Waals surface area contributed by atoms with Gasteiger partial charge in [0.2, 0.25) is 5.91 Å². The summed E-state index contributed by atoms with van der Waals surface area (Å²) in [6.07, 6.45) is 7.35. The van der Waals surface area contributed by atoms with Gasteiger partial charge in [-0.05, 0) is 31.6 Å². The Morgan fingerprint density at radius 2 is 1.71 bits per heavy atom. The summed E-state index contributed by atoms with van der Waals surface area (Å²) < 4.78 is 54.8. The maximum atomic E-state index is 13.5. The molecule has 0 unspecified atom stereocenters. The molecule has 0 radical (unpaired) electrons. The second kappa shape index (κ2) is 7.02. The molecule has 3 aliphatic rings. The molecule has 4 rings (SSSR count). The maximum Gasteiger partial charge on any atom is 0.313 e. The number of carbonyl (C=O) groups excluding carboxylic acids is 1. The molecule has 8 heteroatoms. The molecule has 3 saturated carbocycles. The van der Waals surface area contributed by atoms with Crippen LogP contribution in [0.1, 0.15) is 87.3 Å². The molecule has 1 atom stereocenters. The van der Waals surface area contributed by atoms with Crippen molar-refractivity contribution in [1.82, 2.24) is 9.78 Å². The van der Waals surface area contributed by atoms with Crippen molar-refractivity contribution in [3.63, 3.8) is 0 Å². The van der Waals surface area contributed by atoms with Crippen LogP contribution >= 0.6 is 0 Å². The van der Waals surface area contributed by atoms with Crippen LogP contribution in [0.15, 0.2) is 0 Å². The predicted molar refractivity (Wildman–Crippen MR) is 96.9 cm³/mol. The van der Waals surface area contributed by atoms with E-state index in [1.54, 1.807) is 11.7 Å². The normalized spacial score (nSPS) is 27.1. The van der Waals surface area contributed by atoms with E-state index in [0.29, 0.717) is 17.7 Å². The monoisotopic (exact) mass is 401 g/mol. The van der Waals surface area contributed by atoms with Gasteiger partial charge in [0.05, 0.1) is 5.69 Å². The first-order chi connectivity index (χ1) is 13.2. The van der Waals surface area contributed by atoms with Crippen molar-refractivity contribution in [1.29, 1.82) is 0 Å². The number of halogens is 4. The number of alkyl halides is 4. The lowest BCUT2D eigenvalue weighted by Crippen LogP contribution is -2.59. The number of anilines is 1. The van der Waals surface area contributed by atoms with Crippen molar-refractivity contribution in [2.75, 3.05) is 5.32 Å². The summed E-state index contributed by atoms with van der Waals surface area (Å²) in [5.41, 5.74) is 2.07. The first-order valence-corrected chi connectivity index (χ1v) is 10.3. The van der Waals surface area contributed by atoms with E-state index in [-0.39, 0.29) is 0 Å². The van der Waals surface area contributed by atoms with E-state index in [1.807, 2.05) is 0 Å². The lowest BCUT2D eigenvalue weighted by Gasteiger charge is -2.43. The molecular formula is C20H27F4N3O. The predicted octanol–water partition coefficient (Wildman–Crippen LogP) is 5.35. The number of amides is 1. The molecule has 0 spiro atoms. The van der Waals surface area contributed by atoms with E-state index in [4.69, 9.17) is 0 Å². The lowest BCUT2D eigenvalue weighted by atomic mass is 9.74. The average molecular weight is 401 g/mol. The van der Waals surface area contributed by atoms with Crippen molar-refractivity contribution in [2.24, 2.45) is 13.0 Å². The Hall–Kier alpha value is -1.60. The molecule has 0 saturated heterocycles. The van der Waals surface area contributed by atoms with E-state index in [9.17, 15) is 22.4 Å². The molecular weight excluding hydrogens is 374 g/mol. The van der Waals surface area contributed by atoms with Gasteiger partial charge in [0.1, 0.15) is 5.82 Å². The second-order valence-electron chi connectivity index (χ2n) is 8.71. The van der Waals surface area contributed by atoms with Crippen LogP contribution in [0.5, 0.6) is 0 Å². The molecule has 1 aromatic rings. The number of nitrogens with zero attached hydrogens (tertiary/aromatic N) is 2. The third-order valence-corrected chi connectivity index (χ3v) is 6.81. The summed E-state index contributed by atoms with van der Waals surface area (Å²) in [6, 6.07) is 0. The summed E-state index contributed by atoms with van der Waals surface area (Å²) in [4.78, 5) is 12.4. The quantitative estimate of drug-likeness (QED) is 0.676. The van der Waals surface area contributed by atoms with Gasteiger partial charge in [-0.3, -0.25) is 9.48 Å². The fourth-order valence-electron chi connectivity index (χ4n) is 4.83. The topological polar surface area (TPSA) is 46.9 Å². The molecule has 0 bridgehead atoms. The summed E-state index contributed by atoms with van der Waals surface area (Å²) in [5.74, 6) is -9.10. The highest BCUT2D eigenvalue weighted by atomic mass is 19.3. The highest BCUT2D eigenvalue weighted by molar-refractivity contribution is 5.91. The van der Waals surface area contributed by atoms with Gasteiger partial charge < -0.3 is 5.32 Å². The Bertz CT molecular complexity index is 751. The van der Waals surface area contributed by atoms with Crippen LogP contribution < -0.4 is 5.32 Å². The number of rotatable bonds is 5. The summed E-state index contributed by atoms with van der Waals surface area (Å²) in [7, 11) is 1.75. The minimum Gasteiger partial charge on any atom is -0.311 e.